The Morgan fingerprint density at radius 2 is 2.06 bits per heavy atom. The molecule has 3 heteroatoms. The van der Waals surface area contributed by atoms with Crippen LogP contribution in [0.25, 0.3) is 0 Å². The Bertz CT molecular complexity index is 308. The van der Waals surface area contributed by atoms with Gasteiger partial charge in [0.05, 0.1) is 24.2 Å². The summed E-state index contributed by atoms with van der Waals surface area (Å²) < 4.78 is 5.67. The van der Waals surface area contributed by atoms with Gasteiger partial charge in [-0.1, -0.05) is 26.2 Å². The molecule has 0 radical (unpaired) electrons. The second-order valence-electron chi connectivity index (χ2n) is 4.95. The molecule has 0 aromatic rings. The first kappa shape index (κ1) is 14.1. The predicted octanol–water partition coefficient (Wildman–Crippen LogP) is 1.96. The van der Waals surface area contributed by atoms with E-state index >= 15 is 0 Å². The van der Waals surface area contributed by atoms with Gasteiger partial charge in [0.1, 0.15) is 0 Å². The predicted molar refractivity (Wildman–Crippen MR) is 68.3 cm³/mol. The highest BCUT2D eigenvalue weighted by molar-refractivity contribution is 5.80. The van der Waals surface area contributed by atoms with Crippen LogP contribution in [-0.2, 0) is 9.53 Å². The van der Waals surface area contributed by atoms with E-state index in [9.17, 15) is 4.79 Å². The number of nitrogens with one attached hydrogen (secondary N) is 1. The molecule has 3 nitrogen and oxygen atoms in total. The number of hydrogen-bond donors (Lipinski definition) is 1. The maximum atomic E-state index is 12.2. The molecule has 1 aliphatic rings. The first-order valence-corrected chi connectivity index (χ1v) is 6.43. The first-order valence-electron chi connectivity index (χ1n) is 6.43. The van der Waals surface area contributed by atoms with Crippen LogP contribution in [0.2, 0.25) is 0 Å². The van der Waals surface area contributed by atoms with Crippen LogP contribution in [0.4, 0.5) is 0 Å². The van der Waals surface area contributed by atoms with Crippen molar-refractivity contribution >= 4 is 5.91 Å². The quantitative estimate of drug-likeness (QED) is 0.759. The van der Waals surface area contributed by atoms with E-state index in [0.29, 0.717) is 0 Å². The molecule has 1 fully saturated rings. The molecule has 1 N–H and O–H groups in total. The molecular formula is C14H23NO2. The van der Waals surface area contributed by atoms with Gasteiger partial charge in [-0.3, -0.25) is 4.79 Å². The van der Waals surface area contributed by atoms with Gasteiger partial charge in [0.15, 0.2) is 0 Å². The van der Waals surface area contributed by atoms with Crippen molar-refractivity contribution in [1.82, 2.24) is 5.32 Å². The van der Waals surface area contributed by atoms with E-state index in [4.69, 9.17) is 11.2 Å². The van der Waals surface area contributed by atoms with E-state index < -0.39 is 0 Å². The van der Waals surface area contributed by atoms with E-state index in [0.717, 1.165) is 12.8 Å². The summed E-state index contributed by atoms with van der Waals surface area (Å²) in [7, 11) is 0. The second kappa shape index (κ2) is 6.07. The number of rotatable bonds is 4. The van der Waals surface area contributed by atoms with E-state index in [1.54, 1.807) is 0 Å². The first-order chi connectivity index (χ1) is 8.01. The zero-order valence-electron chi connectivity index (χ0n) is 11.2. The number of terminal acetylenes is 1. The summed E-state index contributed by atoms with van der Waals surface area (Å²) in [4.78, 5) is 12.2. The largest absolute Gasteiger partial charge is 0.374 e. The van der Waals surface area contributed by atoms with Gasteiger partial charge >= 0.3 is 0 Å². The van der Waals surface area contributed by atoms with Crippen LogP contribution in [0.5, 0.6) is 0 Å². The standard InChI is InChI=1S/C14H23NO2/c1-6-8-12(7-2)15-14(16)13-9(3)10(4)17-11(13)5/h2,9-13H,6,8H2,1,3-5H3,(H,15,16). The Morgan fingerprint density at radius 3 is 2.47 bits per heavy atom. The smallest absolute Gasteiger partial charge is 0.227 e. The Hall–Kier alpha value is -1.01. The van der Waals surface area contributed by atoms with E-state index in [2.05, 4.69) is 25.1 Å². The lowest BCUT2D eigenvalue weighted by atomic mass is 9.88. The molecule has 0 aromatic heterocycles. The third kappa shape index (κ3) is 3.23. The maximum absolute atomic E-state index is 12.2. The van der Waals surface area contributed by atoms with Crippen molar-refractivity contribution in [2.24, 2.45) is 11.8 Å². The summed E-state index contributed by atoms with van der Waals surface area (Å²) >= 11 is 0. The van der Waals surface area contributed by atoms with E-state index in [1.165, 1.54) is 0 Å². The molecule has 0 aliphatic carbocycles. The molecule has 0 aromatic carbocycles. The maximum Gasteiger partial charge on any atom is 0.227 e. The molecule has 96 valence electrons. The summed E-state index contributed by atoms with van der Waals surface area (Å²) in [5.74, 6) is 2.81. The normalized spacial score (nSPS) is 34.1. The fraction of sp³-hybridized carbons (Fsp3) is 0.786. The summed E-state index contributed by atoms with van der Waals surface area (Å²) in [6.45, 7) is 8.08. The van der Waals surface area contributed by atoms with Gasteiger partial charge in [0.2, 0.25) is 5.91 Å². The van der Waals surface area contributed by atoms with Crippen molar-refractivity contribution in [3.05, 3.63) is 0 Å². The van der Waals surface area contributed by atoms with E-state index in [-0.39, 0.29) is 36.0 Å². The Kier molecular flexibility index (Phi) is 5.02. The number of carbonyl (C=O) groups excluding carboxylic acids is 1. The van der Waals surface area contributed by atoms with E-state index in [1.807, 2.05) is 13.8 Å². The molecule has 1 heterocycles. The molecule has 1 aliphatic heterocycles. The zero-order chi connectivity index (χ0) is 13.0. The lowest BCUT2D eigenvalue weighted by molar-refractivity contribution is -0.127. The van der Waals surface area contributed by atoms with Gasteiger partial charge in [0, 0.05) is 0 Å². The molecule has 1 saturated heterocycles. The molecule has 1 rings (SSSR count). The number of hydrogen-bond acceptors (Lipinski definition) is 2. The van der Waals surface area contributed by atoms with Gasteiger partial charge in [0.25, 0.3) is 0 Å². The molecular weight excluding hydrogens is 214 g/mol. The van der Waals surface area contributed by atoms with Gasteiger partial charge < -0.3 is 10.1 Å². The van der Waals surface area contributed by atoms with Crippen LogP contribution in [0.3, 0.4) is 0 Å². The highest BCUT2D eigenvalue weighted by Gasteiger charge is 2.41. The molecule has 17 heavy (non-hydrogen) atoms. The monoisotopic (exact) mass is 237 g/mol. The van der Waals surface area contributed by atoms with Crippen molar-refractivity contribution < 1.29 is 9.53 Å². The van der Waals surface area contributed by atoms with Gasteiger partial charge in [-0.15, -0.1) is 6.42 Å². The fourth-order valence-electron chi connectivity index (χ4n) is 2.47. The van der Waals surface area contributed by atoms with Crippen molar-refractivity contribution in [2.75, 3.05) is 0 Å². The Balaban J connectivity index is 2.61. The minimum atomic E-state index is -0.150. The minimum absolute atomic E-state index is 0.0277. The Labute approximate surface area is 104 Å². The Morgan fingerprint density at radius 1 is 1.41 bits per heavy atom. The number of ether oxygens (including phenoxy) is 1. The van der Waals surface area contributed by atoms with Crippen LogP contribution in [-0.4, -0.2) is 24.2 Å². The van der Waals surface area contributed by atoms with Crippen LogP contribution in [0.1, 0.15) is 40.5 Å². The summed E-state index contributed by atoms with van der Waals surface area (Å²) in [6.07, 6.45) is 7.31. The van der Waals surface area contributed by atoms with Crippen LogP contribution in [0.15, 0.2) is 0 Å². The molecule has 0 bridgehead atoms. The average Bonchev–Trinajstić information content (AvgIpc) is 2.52. The molecule has 5 unspecified atom stereocenters. The minimum Gasteiger partial charge on any atom is -0.374 e. The number of amides is 1. The lowest BCUT2D eigenvalue weighted by Crippen LogP contribution is -2.42. The third-order valence-electron chi connectivity index (χ3n) is 3.64. The highest BCUT2D eigenvalue weighted by Crippen LogP contribution is 2.32. The molecule has 5 atom stereocenters. The SMILES string of the molecule is C#CC(CCC)NC(=O)C1C(C)OC(C)C1C. The van der Waals surface area contributed by atoms with Crippen molar-refractivity contribution in [3.63, 3.8) is 0 Å². The molecule has 0 spiro atoms. The fourth-order valence-corrected chi connectivity index (χ4v) is 2.47. The summed E-state index contributed by atoms with van der Waals surface area (Å²) in [5, 5.41) is 2.94. The van der Waals surface area contributed by atoms with Gasteiger partial charge in [-0.2, -0.15) is 0 Å². The third-order valence-corrected chi connectivity index (χ3v) is 3.64. The highest BCUT2D eigenvalue weighted by atomic mass is 16.5. The molecule has 0 saturated carbocycles. The lowest BCUT2D eigenvalue weighted by Gasteiger charge is -2.20. The van der Waals surface area contributed by atoms with Crippen LogP contribution in [0, 0.1) is 24.2 Å². The summed E-state index contributed by atoms with van der Waals surface area (Å²) in [6, 6.07) is -0.150. The van der Waals surface area contributed by atoms with Crippen molar-refractivity contribution in [2.45, 2.75) is 58.8 Å². The topological polar surface area (TPSA) is 38.3 Å². The van der Waals surface area contributed by atoms with Gasteiger partial charge in [-0.25, -0.2) is 0 Å². The van der Waals surface area contributed by atoms with Crippen molar-refractivity contribution in [3.8, 4) is 12.3 Å². The average molecular weight is 237 g/mol. The van der Waals surface area contributed by atoms with Crippen molar-refractivity contribution in [1.29, 1.82) is 0 Å². The van der Waals surface area contributed by atoms with Gasteiger partial charge in [-0.05, 0) is 26.2 Å². The zero-order valence-corrected chi connectivity index (χ0v) is 11.2. The number of carbonyl (C=O) groups is 1. The van der Waals surface area contributed by atoms with Crippen LogP contribution >= 0.6 is 0 Å². The second-order valence-corrected chi connectivity index (χ2v) is 4.95. The molecule has 1 amide bonds. The van der Waals surface area contributed by atoms with Crippen LogP contribution < -0.4 is 5.32 Å². The summed E-state index contributed by atoms with van der Waals surface area (Å²) in [5.41, 5.74) is 0.